The Labute approximate surface area is 119 Å². The monoisotopic (exact) mass is 280 g/mol. The molecular formula is C15H21ClN2O. The van der Waals surface area contributed by atoms with Crippen molar-refractivity contribution < 1.29 is 5.11 Å². The molecule has 1 aromatic rings. The lowest BCUT2D eigenvalue weighted by atomic mass is 9.93. The van der Waals surface area contributed by atoms with E-state index in [9.17, 15) is 5.11 Å². The number of phenolic OH excluding ortho intramolecular Hbond substituents is 1. The van der Waals surface area contributed by atoms with Crippen molar-refractivity contribution in [2.45, 2.75) is 25.9 Å². The molecule has 19 heavy (non-hydrogen) atoms. The molecule has 0 bridgehead atoms. The predicted molar refractivity (Wildman–Crippen MR) is 77.5 cm³/mol. The first-order chi connectivity index (χ1) is 9.19. The van der Waals surface area contributed by atoms with Gasteiger partial charge in [0.2, 0.25) is 0 Å². The molecule has 3 nitrogen and oxygen atoms in total. The average Bonchev–Trinajstić information content (AvgIpc) is 2.94. The number of hydrogen-bond donors (Lipinski definition) is 2. The summed E-state index contributed by atoms with van der Waals surface area (Å²) in [6.45, 7) is 6.71. The Kier molecular flexibility index (Phi) is 3.70. The highest BCUT2D eigenvalue weighted by atomic mass is 35.5. The van der Waals surface area contributed by atoms with E-state index in [1.165, 1.54) is 18.5 Å². The van der Waals surface area contributed by atoms with E-state index in [4.69, 9.17) is 11.6 Å². The molecular weight excluding hydrogens is 260 g/mol. The number of benzene rings is 1. The van der Waals surface area contributed by atoms with Crippen molar-refractivity contribution in [3.8, 4) is 5.75 Å². The summed E-state index contributed by atoms with van der Waals surface area (Å²) in [5, 5.41) is 13.4. The van der Waals surface area contributed by atoms with E-state index in [0.29, 0.717) is 11.1 Å². The molecule has 1 aromatic carbocycles. The van der Waals surface area contributed by atoms with Crippen LogP contribution in [0.5, 0.6) is 5.75 Å². The van der Waals surface area contributed by atoms with Gasteiger partial charge in [-0.3, -0.25) is 4.90 Å². The van der Waals surface area contributed by atoms with Gasteiger partial charge in [0.25, 0.3) is 0 Å². The van der Waals surface area contributed by atoms with E-state index in [0.717, 1.165) is 31.5 Å². The highest BCUT2D eigenvalue weighted by molar-refractivity contribution is 6.32. The molecule has 2 aliphatic heterocycles. The van der Waals surface area contributed by atoms with Crippen LogP contribution in [0, 0.1) is 11.8 Å². The molecule has 2 saturated heterocycles. The van der Waals surface area contributed by atoms with Crippen molar-refractivity contribution in [2.24, 2.45) is 11.8 Å². The van der Waals surface area contributed by atoms with Crippen LogP contribution in [0.3, 0.4) is 0 Å². The van der Waals surface area contributed by atoms with Crippen molar-refractivity contribution >= 4 is 11.6 Å². The molecule has 0 aliphatic carbocycles. The van der Waals surface area contributed by atoms with E-state index in [-0.39, 0.29) is 5.75 Å². The summed E-state index contributed by atoms with van der Waals surface area (Å²) in [4.78, 5) is 2.58. The molecule has 104 valence electrons. The van der Waals surface area contributed by atoms with Crippen molar-refractivity contribution in [2.75, 3.05) is 19.6 Å². The fraction of sp³-hybridized carbons (Fsp3) is 0.600. The first-order valence-corrected chi connectivity index (χ1v) is 7.49. The number of halogens is 1. The SMILES string of the molecule is CCC1C2CNCC2CN1Cc1ccc(O)c(Cl)c1. The number of nitrogens with one attached hydrogen (secondary N) is 1. The third-order valence-corrected chi connectivity index (χ3v) is 4.94. The Morgan fingerprint density at radius 2 is 2.26 bits per heavy atom. The van der Waals surface area contributed by atoms with Gasteiger partial charge >= 0.3 is 0 Å². The van der Waals surface area contributed by atoms with Gasteiger partial charge in [0.15, 0.2) is 0 Å². The maximum absolute atomic E-state index is 9.48. The van der Waals surface area contributed by atoms with Gasteiger partial charge in [-0.25, -0.2) is 0 Å². The molecule has 0 spiro atoms. The topological polar surface area (TPSA) is 35.5 Å². The highest BCUT2D eigenvalue weighted by Gasteiger charge is 2.42. The molecule has 0 amide bonds. The van der Waals surface area contributed by atoms with Gasteiger partial charge in [-0.1, -0.05) is 24.6 Å². The summed E-state index contributed by atoms with van der Waals surface area (Å²) in [5.74, 6) is 1.77. The van der Waals surface area contributed by atoms with Crippen molar-refractivity contribution in [1.82, 2.24) is 10.2 Å². The van der Waals surface area contributed by atoms with E-state index in [2.05, 4.69) is 17.1 Å². The number of hydrogen-bond acceptors (Lipinski definition) is 3. The summed E-state index contributed by atoms with van der Waals surface area (Å²) in [6, 6.07) is 6.22. The molecule has 2 N–H and O–H groups in total. The van der Waals surface area contributed by atoms with Gasteiger partial charge in [-0.2, -0.15) is 0 Å². The molecule has 0 aromatic heterocycles. The number of nitrogens with zero attached hydrogens (tertiary/aromatic N) is 1. The van der Waals surface area contributed by atoms with Crippen LogP contribution in [0.4, 0.5) is 0 Å². The number of rotatable bonds is 3. The first kappa shape index (κ1) is 13.2. The summed E-state index contributed by atoms with van der Waals surface area (Å²) >= 11 is 5.99. The molecule has 0 radical (unpaired) electrons. The van der Waals surface area contributed by atoms with Gasteiger partial charge in [0.1, 0.15) is 5.75 Å². The number of phenols is 1. The second-order valence-electron chi connectivity index (χ2n) is 5.77. The van der Waals surface area contributed by atoms with Gasteiger partial charge in [0.05, 0.1) is 5.02 Å². The predicted octanol–water partition coefficient (Wildman–Crippen LogP) is 2.48. The largest absolute Gasteiger partial charge is 0.506 e. The normalized spacial score (nSPS) is 30.7. The molecule has 2 aliphatic rings. The van der Waals surface area contributed by atoms with Crippen LogP contribution >= 0.6 is 11.6 Å². The van der Waals surface area contributed by atoms with Gasteiger partial charge in [-0.15, -0.1) is 0 Å². The fourth-order valence-corrected chi connectivity index (χ4v) is 3.94. The Morgan fingerprint density at radius 1 is 1.42 bits per heavy atom. The fourth-order valence-electron chi connectivity index (χ4n) is 3.74. The maximum atomic E-state index is 9.48. The average molecular weight is 281 g/mol. The van der Waals surface area contributed by atoms with Gasteiger partial charge < -0.3 is 10.4 Å². The van der Waals surface area contributed by atoms with E-state index < -0.39 is 0 Å². The summed E-state index contributed by atoms with van der Waals surface area (Å²) in [7, 11) is 0. The van der Waals surface area contributed by atoms with Crippen LogP contribution in [-0.4, -0.2) is 35.7 Å². The molecule has 0 saturated carbocycles. The first-order valence-electron chi connectivity index (χ1n) is 7.11. The number of likely N-dealkylation sites (tertiary alicyclic amines) is 1. The van der Waals surface area contributed by atoms with Crippen molar-refractivity contribution in [3.63, 3.8) is 0 Å². The summed E-state index contributed by atoms with van der Waals surface area (Å²) in [6.07, 6.45) is 1.20. The molecule has 4 heteroatoms. The van der Waals surface area contributed by atoms with Gasteiger partial charge in [-0.05, 0) is 49.0 Å². The highest BCUT2D eigenvalue weighted by Crippen LogP contribution is 2.35. The molecule has 3 rings (SSSR count). The van der Waals surface area contributed by atoms with Crippen LogP contribution in [0.2, 0.25) is 5.02 Å². The van der Waals surface area contributed by atoms with Crippen LogP contribution in [0.25, 0.3) is 0 Å². The molecule has 2 heterocycles. The van der Waals surface area contributed by atoms with Gasteiger partial charge in [0, 0.05) is 19.1 Å². The summed E-state index contributed by atoms with van der Waals surface area (Å²) in [5.41, 5.74) is 1.19. The minimum Gasteiger partial charge on any atom is -0.506 e. The lowest BCUT2D eigenvalue weighted by Crippen LogP contribution is -2.34. The summed E-state index contributed by atoms with van der Waals surface area (Å²) < 4.78 is 0. The van der Waals surface area contributed by atoms with E-state index in [1.807, 2.05) is 12.1 Å². The second-order valence-corrected chi connectivity index (χ2v) is 6.18. The Bertz CT molecular complexity index is 465. The standard InChI is InChI=1S/C15H21ClN2O/c1-2-14-12-7-17-6-11(12)9-18(14)8-10-3-4-15(19)13(16)5-10/h3-5,11-12,14,17,19H,2,6-9H2,1H3. The second kappa shape index (κ2) is 5.31. The smallest absolute Gasteiger partial charge is 0.134 e. The van der Waals surface area contributed by atoms with Crippen LogP contribution < -0.4 is 5.32 Å². The Hall–Kier alpha value is -0.770. The lowest BCUT2D eigenvalue weighted by Gasteiger charge is -2.26. The van der Waals surface area contributed by atoms with Crippen LogP contribution in [-0.2, 0) is 6.54 Å². The third kappa shape index (κ3) is 2.47. The zero-order valence-corrected chi connectivity index (χ0v) is 12.0. The third-order valence-electron chi connectivity index (χ3n) is 4.64. The zero-order valence-electron chi connectivity index (χ0n) is 11.3. The number of aromatic hydroxyl groups is 1. The zero-order chi connectivity index (χ0) is 13.4. The van der Waals surface area contributed by atoms with Crippen molar-refractivity contribution in [3.05, 3.63) is 28.8 Å². The minimum atomic E-state index is 0.167. The van der Waals surface area contributed by atoms with Crippen molar-refractivity contribution in [1.29, 1.82) is 0 Å². The van der Waals surface area contributed by atoms with E-state index in [1.54, 1.807) is 6.07 Å². The number of fused-ring (bicyclic) bond motifs is 1. The lowest BCUT2D eigenvalue weighted by molar-refractivity contribution is 0.210. The van der Waals surface area contributed by atoms with Crippen LogP contribution in [0.1, 0.15) is 18.9 Å². The quantitative estimate of drug-likeness (QED) is 0.893. The van der Waals surface area contributed by atoms with E-state index >= 15 is 0 Å². The molecule has 3 atom stereocenters. The maximum Gasteiger partial charge on any atom is 0.134 e. The molecule has 3 unspecified atom stereocenters. The minimum absolute atomic E-state index is 0.167. The molecule has 2 fully saturated rings. The van der Waals surface area contributed by atoms with Crippen LogP contribution in [0.15, 0.2) is 18.2 Å². The Morgan fingerprint density at radius 3 is 3.00 bits per heavy atom. The Balaban J connectivity index is 1.74.